The first-order valence-electron chi connectivity index (χ1n) is 4.42. The highest BCUT2D eigenvalue weighted by atomic mass is 16.5. The Balaban J connectivity index is 2.96. The number of carbonyl (C=O) groups is 1. The molecule has 0 N–H and O–H groups in total. The van der Waals surface area contributed by atoms with Gasteiger partial charge in [-0.15, -0.1) is 0 Å². The third kappa shape index (κ3) is 2.73. The Morgan fingerprint density at radius 2 is 2.13 bits per heavy atom. The molecule has 0 aliphatic carbocycles. The number of hydrogen-bond acceptors (Lipinski definition) is 3. The largest absolute Gasteiger partial charge is 0.452 e. The van der Waals surface area contributed by atoms with E-state index < -0.39 is 6.09 Å². The Morgan fingerprint density at radius 1 is 1.47 bits per heavy atom. The second-order valence-corrected chi connectivity index (χ2v) is 2.97. The van der Waals surface area contributed by atoms with Gasteiger partial charge in [-0.3, -0.25) is 4.90 Å². The van der Waals surface area contributed by atoms with Crippen LogP contribution in [-0.2, 0) is 16.0 Å². The van der Waals surface area contributed by atoms with Crippen LogP contribution in [0.15, 0.2) is 24.3 Å². The van der Waals surface area contributed by atoms with Crippen LogP contribution in [0.5, 0.6) is 0 Å². The van der Waals surface area contributed by atoms with Gasteiger partial charge in [0.05, 0.1) is 19.4 Å². The van der Waals surface area contributed by atoms with Crippen LogP contribution in [0, 0.1) is 0 Å². The fourth-order valence-electron chi connectivity index (χ4n) is 1.29. The van der Waals surface area contributed by atoms with Gasteiger partial charge in [0, 0.05) is 7.05 Å². The number of para-hydroxylation sites is 1. The maximum atomic E-state index is 11.3. The van der Waals surface area contributed by atoms with Crippen LogP contribution in [0.1, 0.15) is 5.56 Å². The van der Waals surface area contributed by atoms with Crippen molar-refractivity contribution in [2.45, 2.75) is 6.61 Å². The Morgan fingerprint density at radius 3 is 2.73 bits per heavy atom. The van der Waals surface area contributed by atoms with Crippen LogP contribution in [0.25, 0.3) is 0 Å². The van der Waals surface area contributed by atoms with Crippen molar-refractivity contribution in [3.63, 3.8) is 0 Å². The van der Waals surface area contributed by atoms with Gasteiger partial charge in [0.1, 0.15) is 0 Å². The van der Waals surface area contributed by atoms with Crippen LogP contribution in [0.3, 0.4) is 0 Å². The van der Waals surface area contributed by atoms with Crippen LogP contribution >= 0.6 is 0 Å². The van der Waals surface area contributed by atoms with Crippen molar-refractivity contribution in [2.75, 3.05) is 19.1 Å². The molecule has 0 aliphatic heterocycles. The first kappa shape index (κ1) is 11.6. The van der Waals surface area contributed by atoms with Gasteiger partial charge in [-0.2, -0.15) is 0 Å². The summed E-state index contributed by atoms with van der Waals surface area (Å²) in [4.78, 5) is 12.7. The summed E-state index contributed by atoms with van der Waals surface area (Å²) in [6.07, 6.45) is -0.431. The maximum Gasteiger partial charge on any atom is 0.413 e. The molecule has 0 saturated carbocycles. The van der Waals surface area contributed by atoms with E-state index in [9.17, 15) is 4.79 Å². The van der Waals surface area contributed by atoms with Crippen LogP contribution in [0.2, 0.25) is 0 Å². The number of rotatable bonds is 3. The van der Waals surface area contributed by atoms with Crippen molar-refractivity contribution < 1.29 is 14.2 Å². The van der Waals surface area contributed by atoms with Gasteiger partial charge < -0.3 is 9.39 Å². The number of anilines is 1. The normalized spacial score (nSPS) is 9.73. The molecule has 1 rings (SSSR count). The molecule has 0 aliphatic rings. The van der Waals surface area contributed by atoms with Crippen LogP contribution < -0.4 is 4.90 Å². The minimum absolute atomic E-state index is 0.248. The minimum Gasteiger partial charge on any atom is -0.452 e. The predicted octanol–water partition coefficient (Wildman–Crippen LogP) is 1.49. The van der Waals surface area contributed by atoms with Gasteiger partial charge >= 0.3 is 6.09 Å². The zero-order valence-electron chi connectivity index (χ0n) is 8.77. The van der Waals surface area contributed by atoms with E-state index in [1.54, 1.807) is 13.1 Å². The highest BCUT2D eigenvalue weighted by Crippen LogP contribution is 2.20. The van der Waals surface area contributed by atoms with E-state index in [0.717, 1.165) is 11.3 Å². The molecule has 0 atom stereocenters. The topological polar surface area (TPSA) is 38.8 Å². The lowest BCUT2D eigenvalue weighted by Crippen LogP contribution is -2.26. The number of nitrogens with zero attached hydrogens (tertiary/aromatic N) is 1. The van der Waals surface area contributed by atoms with Crippen molar-refractivity contribution in [1.82, 2.24) is 0 Å². The number of benzene rings is 1. The van der Waals surface area contributed by atoms with E-state index in [0.29, 0.717) is 0 Å². The first-order valence-corrected chi connectivity index (χ1v) is 4.42. The third-order valence-corrected chi connectivity index (χ3v) is 2.04. The van der Waals surface area contributed by atoms with Gasteiger partial charge in [-0.1, -0.05) is 18.2 Å². The van der Waals surface area contributed by atoms with Crippen LogP contribution in [0.4, 0.5) is 10.5 Å². The average molecular weight is 205 g/mol. The molecule has 15 heavy (non-hydrogen) atoms. The van der Waals surface area contributed by atoms with Gasteiger partial charge in [-0.25, -0.2) is 4.79 Å². The number of methoxy groups -OCH3 is 1. The molecule has 78 valence electrons. The zero-order chi connectivity index (χ0) is 11.3. The van der Waals surface area contributed by atoms with Crippen molar-refractivity contribution in [3.8, 4) is 0 Å². The smallest absolute Gasteiger partial charge is 0.413 e. The van der Waals surface area contributed by atoms with Crippen LogP contribution in [-0.4, -0.2) is 28.3 Å². The fourth-order valence-corrected chi connectivity index (χ4v) is 1.29. The Bertz CT molecular complexity index is 343. The van der Waals surface area contributed by atoms with E-state index in [-0.39, 0.29) is 6.61 Å². The summed E-state index contributed by atoms with van der Waals surface area (Å²) < 4.78 is 9.17. The van der Waals surface area contributed by atoms with E-state index in [2.05, 4.69) is 9.39 Å². The molecule has 0 aromatic heterocycles. The van der Waals surface area contributed by atoms with Crippen molar-refractivity contribution in [2.24, 2.45) is 0 Å². The molecule has 5 heteroatoms. The maximum absolute atomic E-state index is 11.3. The summed E-state index contributed by atoms with van der Waals surface area (Å²) in [7, 11) is 7.96. The minimum atomic E-state index is -0.431. The zero-order valence-corrected chi connectivity index (χ0v) is 8.77. The van der Waals surface area contributed by atoms with Gasteiger partial charge in [-0.05, 0) is 11.6 Å². The van der Waals surface area contributed by atoms with Gasteiger partial charge in [0.15, 0.2) is 0 Å². The SMILES string of the molecule is [B]OCc1ccccc1N(C)C(=O)OC. The fraction of sp³-hybridized carbons (Fsp3) is 0.300. The van der Waals surface area contributed by atoms with E-state index in [1.807, 2.05) is 18.2 Å². The van der Waals surface area contributed by atoms with Crippen molar-refractivity contribution in [1.29, 1.82) is 0 Å². The molecule has 0 heterocycles. The number of amides is 1. The van der Waals surface area contributed by atoms with Gasteiger partial charge in [0.25, 0.3) is 8.05 Å². The second kappa shape index (κ2) is 5.41. The van der Waals surface area contributed by atoms with Gasteiger partial charge in [0.2, 0.25) is 0 Å². The molecular weight excluding hydrogens is 193 g/mol. The summed E-state index contributed by atoms with van der Waals surface area (Å²) in [5.74, 6) is 0. The second-order valence-electron chi connectivity index (χ2n) is 2.97. The molecule has 0 bridgehead atoms. The lowest BCUT2D eigenvalue weighted by molar-refractivity contribution is 0.180. The van der Waals surface area contributed by atoms with Crippen molar-refractivity contribution >= 4 is 19.8 Å². The number of ether oxygens (including phenoxy) is 1. The first-order chi connectivity index (χ1) is 7.20. The average Bonchev–Trinajstić information content (AvgIpc) is 2.28. The van der Waals surface area contributed by atoms with E-state index in [1.165, 1.54) is 12.0 Å². The molecule has 2 radical (unpaired) electrons. The van der Waals surface area contributed by atoms with Crippen molar-refractivity contribution in [3.05, 3.63) is 29.8 Å². The molecule has 0 saturated heterocycles. The quantitative estimate of drug-likeness (QED) is 0.701. The lowest BCUT2D eigenvalue weighted by atomic mass is 10.2. The molecule has 1 amide bonds. The molecule has 4 nitrogen and oxygen atoms in total. The Kier molecular flexibility index (Phi) is 4.18. The summed E-state index contributed by atoms with van der Waals surface area (Å²) in [6.45, 7) is 0.248. The lowest BCUT2D eigenvalue weighted by Gasteiger charge is -2.18. The van der Waals surface area contributed by atoms with E-state index in [4.69, 9.17) is 8.05 Å². The molecule has 1 aromatic carbocycles. The summed E-state index contributed by atoms with van der Waals surface area (Å²) >= 11 is 0. The predicted molar refractivity (Wildman–Crippen MR) is 57.8 cm³/mol. The number of hydrogen-bond donors (Lipinski definition) is 0. The Labute approximate surface area is 90.2 Å². The highest BCUT2D eigenvalue weighted by molar-refractivity contribution is 5.98. The standard InChI is InChI=1S/C10H12BNO3/c1-12(10(13)14-2)9-6-4-3-5-8(9)7-15-11/h3-6H,7H2,1-2H3. The molecule has 0 spiro atoms. The third-order valence-electron chi connectivity index (χ3n) is 2.04. The molecule has 1 aromatic rings. The molecule has 0 fully saturated rings. The van der Waals surface area contributed by atoms with E-state index >= 15 is 0 Å². The summed E-state index contributed by atoms with van der Waals surface area (Å²) in [6, 6.07) is 7.31. The highest BCUT2D eigenvalue weighted by Gasteiger charge is 2.13. The molecule has 0 unspecified atom stereocenters. The Hall–Kier alpha value is -1.49. The number of carbonyl (C=O) groups excluding carboxylic acids is 1. The monoisotopic (exact) mass is 205 g/mol. The summed E-state index contributed by atoms with van der Waals surface area (Å²) in [5.41, 5.74) is 1.54. The summed E-state index contributed by atoms with van der Waals surface area (Å²) in [5, 5.41) is 0. The molecular formula is C10H12BNO3.